The lowest BCUT2D eigenvalue weighted by atomic mass is 9.94. The highest BCUT2D eigenvalue weighted by molar-refractivity contribution is 14.1. The summed E-state index contributed by atoms with van der Waals surface area (Å²) in [6, 6.07) is 12.0. The number of halogens is 1. The highest BCUT2D eigenvalue weighted by atomic mass is 127. The lowest BCUT2D eigenvalue weighted by Gasteiger charge is -2.32. The molecule has 1 aliphatic rings. The van der Waals surface area contributed by atoms with Crippen LogP contribution in [0.4, 0.5) is 0 Å². The molecular weight excluding hydrogens is 384 g/mol. The van der Waals surface area contributed by atoms with Crippen LogP contribution in [0.15, 0.2) is 36.4 Å². The maximum Gasteiger partial charge on any atom is 0.213 e. The molecule has 2 aromatic rings. The maximum absolute atomic E-state index is 11.2. The maximum atomic E-state index is 11.2. The fourth-order valence-electron chi connectivity index (χ4n) is 2.45. The molecule has 3 nitrogen and oxygen atoms in total. The number of hydrogen-bond acceptors (Lipinski definition) is 2. The number of ether oxygens (including phenoxy) is 1. The van der Waals surface area contributed by atoms with Crippen molar-refractivity contribution in [2.24, 2.45) is 0 Å². The molecule has 0 radical (unpaired) electrons. The summed E-state index contributed by atoms with van der Waals surface area (Å²) in [5, 5.41) is 0. The molecular formula is C15H13INO2P. The Balaban J connectivity index is 2.21. The van der Waals surface area contributed by atoms with Crippen LogP contribution in [0.25, 0.3) is 0 Å². The van der Waals surface area contributed by atoms with Gasteiger partial charge >= 0.3 is 0 Å². The summed E-state index contributed by atoms with van der Waals surface area (Å²) in [6.45, 7) is 2.03. The van der Waals surface area contributed by atoms with E-state index in [-0.39, 0.29) is 6.04 Å². The Labute approximate surface area is 133 Å². The zero-order valence-corrected chi connectivity index (χ0v) is 14.2. The van der Waals surface area contributed by atoms with Gasteiger partial charge in [0, 0.05) is 14.7 Å². The molecule has 0 spiro atoms. The van der Waals surface area contributed by atoms with Crippen molar-refractivity contribution in [1.82, 2.24) is 4.67 Å². The van der Waals surface area contributed by atoms with E-state index in [0.717, 1.165) is 38.2 Å². The third-order valence-electron chi connectivity index (χ3n) is 3.37. The third-order valence-corrected chi connectivity index (χ3v) is 4.46. The summed E-state index contributed by atoms with van der Waals surface area (Å²) < 4.78 is 8.72. The first-order valence-electron chi connectivity index (χ1n) is 6.16. The number of rotatable bonds is 2. The van der Waals surface area contributed by atoms with Crippen LogP contribution >= 0.6 is 32.0 Å². The SMILES string of the molecule is Cc1ccc2c(c1)Oc1cc(I)ccc1C2N(P)C=O. The van der Waals surface area contributed by atoms with E-state index >= 15 is 0 Å². The minimum atomic E-state index is -0.131. The van der Waals surface area contributed by atoms with Crippen molar-refractivity contribution in [2.75, 3.05) is 0 Å². The smallest absolute Gasteiger partial charge is 0.213 e. The summed E-state index contributed by atoms with van der Waals surface area (Å²) in [5.74, 6) is 1.63. The number of amides is 1. The van der Waals surface area contributed by atoms with E-state index in [4.69, 9.17) is 4.74 Å². The predicted octanol–water partition coefficient (Wildman–Crippen LogP) is 4.04. The summed E-state index contributed by atoms with van der Waals surface area (Å²) in [7, 11) is 2.48. The number of nitrogens with zero attached hydrogens (tertiary/aromatic N) is 1. The van der Waals surface area contributed by atoms with Gasteiger partial charge in [-0.05, 0) is 62.7 Å². The second-order valence-corrected chi connectivity index (χ2v) is 6.62. The average molecular weight is 397 g/mol. The molecule has 0 saturated carbocycles. The summed E-state index contributed by atoms with van der Waals surface area (Å²) in [5.41, 5.74) is 3.15. The first-order valence-corrected chi connectivity index (χ1v) is 7.76. The number of aryl methyl sites for hydroxylation is 1. The fraction of sp³-hybridized carbons (Fsp3) is 0.133. The molecule has 2 aromatic carbocycles. The molecule has 1 amide bonds. The van der Waals surface area contributed by atoms with Crippen LogP contribution in [-0.4, -0.2) is 11.1 Å². The standard InChI is InChI=1S/C15H13INO2P/c1-9-2-4-11-13(6-9)19-14-7-10(16)3-5-12(14)15(11)17(20)8-18/h2-8,15H,20H2,1H3. The van der Waals surface area contributed by atoms with Crippen molar-refractivity contribution in [3.8, 4) is 11.5 Å². The van der Waals surface area contributed by atoms with Crippen LogP contribution < -0.4 is 4.74 Å². The van der Waals surface area contributed by atoms with E-state index in [1.165, 1.54) is 0 Å². The molecule has 3 rings (SSSR count). The minimum Gasteiger partial charge on any atom is -0.457 e. The molecule has 1 heterocycles. The Hall–Kier alpha value is -1.13. The van der Waals surface area contributed by atoms with Crippen LogP contribution in [0.1, 0.15) is 22.7 Å². The van der Waals surface area contributed by atoms with Crippen molar-refractivity contribution in [3.05, 3.63) is 56.7 Å². The highest BCUT2D eigenvalue weighted by Gasteiger charge is 2.30. The van der Waals surface area contributed by atoms with Gasteiger partial charge in [0.25, 0.3) is 0 Å². The van der Waals surface area contributed by atoms with Crippen molar-refractivity contribution >= 4 is 38.4 Å². The van der Waals surface area contributed by atoms with Gasteiger partial charge in [0.05, 0.1) is 6.04 Å². The lowest BCUT2D eigenvalue weighted by molar-refractivity contribution is -0.114. The molecule has 0 aromatic heterocycles. The van der Waals surface area contributed by atoms with Crippen LogP contribution in [0.3, 0.4) is 0 Å². The van der Waals surface area contributed by atoms with Crippen LogP contribution in [0.2, 0.25) is 0 Å². The highest BCUT2D eigenvalue weighted by Crippen LogP contribution is 2.46. The lowest BCUT2D eigenvalue weighted by Crippen LogP contribution is -2.22. The number of carbonyl (C=O) groups excluding carboxylic acids is 1. The van der Waals surface area contributed by atoms with Crippen molar-refractivity contribution in [1.29, 1.82) is 0 Å². The van der Waals surface area contributed by atoms with Gasteiger partial charge in [0.15, 0.2) is 0 Å². The van der Waals surface area contributed by atoms with Gasteiger partial charge in [0.1, 0.15) is 11.5 Å². The largest absolute Gasteiger partial charge is 0.457 e. The minimum absolute atomic E-state index is 0.131. The second-order valence-electron chi connectivity index (χ2n) is 4.78. The molecule has 1 aliphatic heterocycles. The molecule has 20 heavy (non-hydrogen) atoms. The van der Waals surface area contributed by atoms with Gasteiger partial charge in [-0.1, -0.05) is 18.2 Å². The van der Waals surface area contributed by atoms with Gasteiger partial charge in [-0.3, -0.25) is 4.79 Å². The number of benzene rings is 2. The topological polar surface area (TPSA) is 29.5 Å². The second kappa shape index (κ2) is 5.34. The number of carbonyl (C=O) groups is 1. The van der Waals surface area contributed by atoms with E-state index in [1.807, 2.05) is 43.3 Å². The van der Waals surface area contributed by atoms with Crippen molar-refractivity contribution in [2.45, 2.75) is 13.0 Å². The predicted molar refractivity (Wildman–Crippen MR) is 89.9 cm³/mol. The Morgan fingerprint density at radius 3 is 2.55 bits per heavy atom. The van der Waals surface area contributed by atoms with E-state index in [2.05, 4.69) is 32.0 Å². The average Bonchev–Trinajstić information content (AvgIpc) is 2.43. The van der Waals surface area contributed by atoms with Gasteiger partial charge in [-0.25, -0.2) is 0 Å². The van der Waals surface area contributed by atoms with E-state index in [0.29, 0.717) is 0 Å². The summed E-state index contributed by atoms with van der Waals surface area (Å²) >= 11 is 2.26. The quantitative estimate of drug-likeness (QED) is 0.435. The van der Waals surface area contributed by atoms with Gasteiger partial charge in [-0.15, -0.1) is 0 Å². The Bertz CT molecular complexity index is 638. The van der Waals surface area contributed by atoms with Crippen LogP contribution in [-0.2, 0) is 4.79 Å². The third kappa shape index (κ3) is 2.31. The zero-order chi connectivity index (χ0) is 14.3. The monoisotopic (exact) mass is 397 g/mol. The van der Waals surface area contributed by atoms with Crippen molar-refractivity contribution in [3.63, 3.8) is 0 Å². The normalized spacial score (nSPS) is 15.8. The van der Waals surface area contributed by atoms with E-state index in [9.17, 15) is 4.79 Å². The molecule has 0 bridgehead atoms. The number of fused-ring (bicyclic) bond motifs is 2. The van der Waals surface area contributed by atoms with E-state index < -0.39 is 0 Å². The van der Waals surface area contributed by atoms with Gasteiger partial charge in [-0.2, -0.15) is 0 Å². The van der Waals surface area contributed by atoms with Crippen molar-refractivity contribution < 1.29 is 9.53 Å². The van der Waals surface area contributed by atoms with Gasteiger partial charge in [0.2, 0.25) is 6.41 Å². The molecule has 2 atom stereocenters. The zero-order valence-electron chi connectivity index (χ0n) is 10.8. The van der Waals surface area contributed by atoms with Crippen LogP contribution in [0, 0.1) is 10.5 Å². The molecule has 102 valence electrons. The fourth-order valence-corrected chi connectivity index (χ4v) is 3.23. The molecule has 0 aliphatic carbocycles. The Morgan fingerprint density at radius 2 is 1.85 bits per heavy atom. The van der Waals surface area contributed by atoms with E-state index in [1.54, 1.807) is 4.67 Å². The van der Waals surface area contributed by atoms with Crippen LogP contribution in [0.5, 0.6) is 11.5 Å². The first-order chi connectivity index (χ1) is 9.60. The molecule has 0 N–H and O–H groups in total. The number of hydrogen-bond donors (Lipinski definition) is 0. The Morgan fingerprint density at radius 1 is 1.20 bits per heavy atom. The first kappa shape index (κ1) is 13.8. The summed E-state index contributed by atoms with van der Waals surface area (Å²) in [6.07, 6.45) is 0.825. The summed E-state index contributed by atoms with van der Waals surface area (Å²) in [4.78, 5) is 11.2. The molecule has 0 fully saturated rings. The molecule has 2 unspecified atom stereocenters. The molecule has 0 saturated heterocycles. The Kier molecular flexibility index (Phi) is 3.69. The molecule has 5 heteroatoms. The van der Waals surface area contributed by atoms with Gasteiger partial charge < -0.3 is 9.41 Å².